The Hall–Kier alpha value is 0.440. The average Bonchev–Trinajstić information content (AvgIpc) is 2.81. The van der Waals surface area contributed by atoms with E-state index < -0.39 is 0 Å². The second-order valence-electron chi connectivity index (χ2n) is 11.4. The van der Waals surface area contributed by atoms with Crippen LogP contribution in [0, 0.1) is 5.92 Å². The van der Waals surface area contributed by atoms with Crippen LogP contribution in [0.1, 0.15) is 195 Å². The number of nitrogens with two attached hydrogens (primary N) is 1. The third kappa shape index (κ3) is 21.7. The summed E-state index contributed by atoms with van der Waals surface area (Å²) in [5.41, 5.74) is 7.50. The lowest BCUT2D eigenvalue weighted by atomic mass is 9.72. The molecule has 1 nitrogen and oxygen atoms in total. The molecule has 0 aliphatic heterocycles. The largest absolute Gasteiger partial charge is 0.325 e. The van der Waals surface area contributed by atoms with Crippen molar-refractivity contribution in [1.82, 2.24) is 0 Å². The lowest BCUT2D eigenvalue weighted by Crippen LogP contribution is -2.47. The van der Waals surface area contributed by atoms with Crippen molar-refractivity contribution in [3.8, 4) is 0 Å². The van der Waals surface area contributed by atoms with Gasteiger partial charge in [-0.3, -0.25) is 0 Å². The van der Waals surface area contributed by atoms with Gasteiger partial charge in [0, 0.05) is 5.54 Å². The molecule has 2 heteroatoms. The molecule has 0 aliphatic rings. The molecule has 0 radical (unpaired) electrons. The van der Waals surface area contributed by atoms with Gasteiger partial charge in [0.15, 0.2) is 0 Å². The van der Waals surface area contributed by atoms with Crippen molar-refractivity contribution in [1.29, 1.82) is 0 Å². The molecule has 0 saturated heterocycles. The lowest BCUT2D eigenvalue weighted by Gasteiger charge is -2.39. The highest BCUT2D eigenvalue weighted by Gasteiger charge is 2.33. The van der Waals surface area contributed by atoms with Gasteiger partial charge in [0.1, 0.15) is 0 Å². The van der Waals surface area contributed by atoms with Gasteiger partial charge >= 0.3 is 0 Å². The van der Waals surface area contributed by atoms with Gasteiger partial charge in [0.05, 0.1) is 0 Å². The highest BCUT2D eigenvalue weighted by atomic mass is 79.9. The monoisotopic (exact) mass is 545 g/mol. The van der Waals surface area contributed by atoms with Crippen LogP contribution in [0.2, 0.25) is 0 Å². The van der Waals surface area contributed by atoms with Gasteiger partial charge in [-0.2, -0.15) is 0 Å². The molecule has 2 N–H and O–H groups in total. The zero-order valence-electron chi connectivity index (χ0n) is 24.4. The van der Waals surface area contributed by atoms with Crippen LogP contribution in [0.3, 0.4) is 0 Å². The lowest BCUT2D eigenvalue weighted by molar-refractivity contribution is 0.189. The van der Waals surface area contributed by atoms with Crippen LogP contribution in [-0.4, -0.2) is 5.54 Å². The maximum absolute atomic E-state index is 7.39. The van der Waals surface area contributed by atoms with Crippen LogP contribution in [-0.2, 0) is 0 Å². The molecule has 0 bridgehead atoms. The van der Waals surface area contributed by atoms with Crippen LogP contribution in [0.4, 0.5) is 0 Å². The number of rotatable bonds is 27. The van der Waals surface area contributed by atoms with E-state index in [-0.39, 0.29) is 22.5 Å². The molecular formula is C32H68BrN. The normalized spacial score (nSPS) is 12.6. The van der Waals surface area contributed by atoms with Crippen LogP contribution in [0.5, 0.6) is 0 Å². The summed E-state index contributed by atoms with van der Waals surface area (Å²) in [5, 5.41) is 0. The third-order valence-corrected chi connectivity index (χ3v) is 8.12. The summed E-state index contributed by atoms with van der Waals surface area (Å²) in [4.78, 5) is 0. The van der Waals surface area contributed by atoms with Gasteiger partial charge in [0.25, 0.3) is 0 Å². The van der Waals surface area contributed by atoms with Gasteiger partial charge in [-0.25, -0.2) is 0 Å². The van der Waals surface area contributed by atoms with E-state index in [1.807, 2.05) is 0 Å². The fourth-order valence-corrected chi connectivity index (χ4v) is 5.71. The minimum absolute atomic E-state index is 0. The Morgan fingerprint density at radius 3 is 1.00 bits per heavy atom. The van der Waals surface area contributed by atoms with Crippen molar-refractivity contribution in [2.24, 2.45) is 11.7 Å². The molecule has 1 unspecified atom stereocenters. The molecule has 0 amide bonds. The summed E-state index contributed by atoms with van der Waals surface area (Å²) in [6, 6.07) is 0. The second-order valence-corrected chi connectivity index (χ2v) is 11.4. The van der Waals surface area contributed by atoms with Gasteiger partial charge in [-0.05, 0) is 31.6 Å². The van der Waals surface area contributed by atoms with Crippen molar-refractivity contribution in [3.63, 3.8) is 0 Å². The first-order valence-electron chi connectivity index (χ1n) is 15.9. The fraction of sp³-hybridized carbons (Fsp3) is 1.00. The van der Waals surface area contributed by atoms with E-state index >= 15 is 0 Å². The number of hydrogen-bond donors (Lipinski definition) is 1. The highest BCUT2D eigenvalue weighted by molar-refractivity contribution is 8.93. The van der Waals surface area contributed by atoms with E-state index in [1.54, 1.807) is 0 Å². The zero-order chi connectivity index (χ0) is 24.5. The molecule has 0 aromatic heterocycles. The van der Waals surface area contributed by atoms with E-state index in [1.165, 1.54) is 167 Å². The maximum atomic E-state index is 7.39. The zero-order valence-corrected chi connectivity index (χ0v) is 26.2. The standard InChI is InChI=1S/C32H67N.BrH/c1-5-9-13-17-18-20-24-28-31(27-23-19-14-10-6-2)32(33,29-25-21-15-11-7-3)30-26-22-16-12-8-4;/h31H,5-30,33H2,1-4H3;1H. The Morgan fingerprint density at radius 2 is 0.676 bits per heavy atom. The van der Waals surface area contributed by atoms with Gasteiger partial charge in [-0.15, -0.1) is 17.0 Å². The maximum Gasteiger partial charge on any atom is 0.0182 e. The SMILES string of the molecule is Br.CCCCCCCCCC(CCCCCCC)C(N)(CCCCCCC)CCCCCCC. The molecule has 0 heterocycles. The summed E-state index contributed by atoms with van der Waals surface area (Å²) >= 11 is 0. The summed E-state index contributed by atoms with van der Waals surface area (Å²) in [7, 11) is 0. The molecule has 34 heavy (non-hydrogen) atoms. The Kier molecular flexibility index (Phi) is 30.2. The Morgan fingerprint density at radius 1 is 0.412 bits per heavy atom. The molecule has 0 aromatic rings. The highest BCUT2D eigenvalue weighted by Crippen LogP contribution is 2.35. The quantitative estimate of drug-likeness (QED) is 0.102. The molecule has 208 valence electrons. The predicted octanol–water partition coefficient (Wildman–Crippen LogP) is 12.1. The van der Waals surface area contributed by atoms with Crippen molar-refractivity contribution in [2.75, 3.05) is 0 Å². The van der Waals surface area contributed by atoms with Crippen molar-refractivity contribution < 1.29 is 0 Å². The van der Waals surface area contributed by atoms with Crippen LogP contribution in [0.25, 0.3) is 0 Å². The third-order valence-electron chi connectivity index (χ3n) is 8.12. The Labute approximate surface area is 228 Å². The minimum Gasteiger partial charge on any atom is -0.325 e. The molecule has 0 fully saturated rings. The second kappa shape index (κ2) is 28.0. The number of hydrogen-bond acceptors (Lipinski definition) is 1. The Balaban J connectivity index is 0. The van der Waals surface area contributed by atoms with E-state index in [0.29, 0.717) is 0 Å². The molecule has 0 aliphatic carbocycles. The molecule has 0 saturated carbocycles. The van der Waals surface area contributed by atoms with Crippen LogP contribution >= 0.6 is 17.0 Å². The van der Waals surface area contributed by atoms with Crippen LogP contribution in [0.15, 0.2) is 0 Å². The van der Waals surface area contributed by atoms with E-state index in [9.17, 15) is 0 Å². The van der Waals surface area contributed by atoms with Crippen molar-refractivity contribution in [3.05, 3.63) is 0 Å². The molecule has 0 aromatic carbocycles. The summed E-state index contributed by atoms with van der Waals surface area (Å²) < 4.78 is 0. The molecular weight excluding hydrogens is 478 g/mol. The van der Waals surface area contributed by atoms with Crippen molar-refractivity contribution in [2.45, 2.75) is 200 Å². The number of halogens is 1. The topological polar surface area (TPSA) is 26.0 Å². The smallest absolute Gasteiger partial charge is 0.0182 e. The average molecular weight is 547 g/mol. The molecule has 1 atom stereocenters. The Bertz CT molecular complexity index is 356. The fourth-order valence-electron chi connectivity index (χ4n) is 5.71. The first kappa shape index (κ1) is 36.6. The summed E-state index contributed by atoms with van der Waals surface area (Å²) in [6.45, 7) is 9.28. The first-order chi connectivity index (χ1) is 16.1. The van der Waals surface area contributed by atoms with Crippen molar-refractivity contribution >= 4 is 17.0 Å². The van der Waals surface area contributed by atoms with Gasteiger partial charge in [0.2, 0.25) is 0 Å². The predicted molar refractivity (Wildman–Crippen MR) is 163 cm³/mol. The van der Waals surface area contributed by atoms with E-state index in [2.05, 4.69) is 27.7 Å². The van der Waals surface area contributed by atoms with E-state index in [0.717, 1.165) is 5.92 Å². The minimum atomic E-state index is 0. The van der Waals surface area contributed by atoms with Gasteiger partial charge < -0.3 is 5.73 Å². The molecule has 0 rings (SSSR count). The number of unbranched alkanes of at least 4 members (excludes halogenated alkanes) is 18. The summed E-state index contributed by atoms with van der Waals surface area (Å²) in [5.74, 6) is 0.757. The summed E-state index contributed by atoms with van der Waals surface area (Å²) in [6.07, 6.45) is 36.1. The van der Waals surface area contributed by atoms with Gasteiger partial charge in [-0.1, -0.05) is 169 Å². The van der Waals surface area contributed by atoms with Crippen LogP contribution < -0.4 is 5.73 Å². The first-order valence-corrected chi connectivity index (χ1v) is 15.9. The molecule has 0 spiro atoms. The van der Waals surface area contributed by atoms with E-state index in [4.69, 9.17) is 5.73 Å².